The molecule has 0 saturated carbocycles. The Morgan fingerprint density at radius 3 is 2.78 bits per heavy atom. The van der Waals surface area contributed by atoms with E-state index in [0.717, 1.165) is 22.3 Å². The normalized spacial score (nSPS) is 11.1. The highest BCUT2D eigenvalue weighted by molar-refractivity contribution is 5.88. The van der Waals surface area contributed by atoms with Gasteiger partial charge >= 0.3 is 5.82 Å². The van der Waals surface area contributed by atoms with Crippen molar-refractivity contribution in [3.63, 3.8) is 0 Å². The number of rotatable bonds is 4. The fourth-order valence-electron chi connectivity index (χ4n) is 2.86. The highest BCUT2D eigenvalue weighted by Gasteiger charge is 2.20. The van der Waals surface area contributed by atoms with Gasteiger partial charge in [-0.25, -0.2) is 0 Å². The fraction of sp³-hybridized carbons (Fsp3) is 0.312. The maximum atomic E-state index is 11.0. The van der Waals surface area contributed by atoms with Crippen molar-refractivity contribution >= 4 is 22.5 Å². The Labute approximate surface area is 133 Å². The number of nitrogens with one attached hydrogen (secondary N) is 2. The fourth-order valence-corrected chi connectivity index (χ4v) is 2.86. The van der Waals surface area contributed by atoms with Gasteiger partial charge in [0, 0.05) is 24.7 Å². The van der Waals surface area contributed by atoms with Gasteiger partial charge in [0.15, 0.2) is 0 Å². The Morgan fingerprint density at radius 2 is 2.09 bits per heavy atom. The maximum absolute atomic E-state index is 11.0. The smallest absolute Gasteiger partial charge is 0.360 e. The van der Waals surface area contributed by atoms with E-state index in [0.29, 0.717) is 12.4 Å². The van der Waals surface area contributed by atoms with Crippen LogP contribution in [0.15, 0.2) is 18.5 Å². The predicted octanol–water partition coefficient (Wildman–Crippen LogP) is 3.35. The zero-order valence-corrected chi connectivity index (χ0v) is 13.6. The number of imidazole rings is 1. The summed E-state index contributed by atoms with van der Waals surface area (Å²) in [7, 11) is 1.73. The van der Waals surface area contributed by atoms with Gasteiger partial charge in [-0.15, -0.1) is 0 Å². The van der Waals surface area contributed by atoms with Crippen LogP contribution in [0.3, 0.4) is 0 Å². The average molecular weight is 313 g/mol. The Morgan fingerprint density at radius 1 is 1.35 bits per heavy atom. The van der Waals surface area contributed by atoms with E-state index in [1.807, 2.05) is 6.92 Å². The van der Waals surface area contributed by atoms with Gasteiger partial charge in [0.2, 0.25) is 12.1 Å². The lowest BCUT2D eigenvalue weighted by Gasteiger charge is -2.09. The van der Waals surface area contributed by atoms with Gasteiger partial charge in [0.05, 0.1) is 5.52 Å². The number of nitro groups is 1. The van der Waals surface area contributed by atoms with Gasteiger partial charge < -0.3 is 20.4 Å². The second kappa shape index (κ2) is 5.42. The predicted molar refractivity (Wildman–Crippen MR) is 89.7 cm³/mol. The van der Waals surface area contributed by atoms with Crippen LogP contribution in [-0.2, 0) is 13.6 Å². The van der Waals surface area contributed by atoms with Crippen molar-refractivity contribution in [1.82, 2.24) is 14.5 Å². The molecule has 1 aromatic carbocycles. The molecule has 3 aromatic rings. The number of H-pyrrole nitrogens is 1. The molecule has 0 amide bonds. The van der Waals surface area contributed by atoms with E-state index in [1.165, 1.54) is 17.3 Å². The lowest BCUT2D eigenvalue weighted by Crippen LogP contribution is -2.06. The molecule has 2 N–H and O–H groups in total. The summed E-state index contributed by atoms with van der Waals surface area (Å²) in [5.74, 6) is 0.250. The van der Waals surface area contributed by atoms with E-state index in [4.69, 9.17) is 0 Å². The van der Waals surface area contributed by atoms with Gasteiger partial charge in [0.25, 0.3) is 0 Å². The van der Waals surface area contributed by atoms with Gasteiger partial charge in [-0.1, -0.05) is 11.6 Å². The molecule has 0 saturated heterocycles. The van der Waals surface area contributed by atoms with Crippen LogP contribution in [0.1, 0.15) is 22.4 Å². The molecular weight excluding hydrogens is 294 g/mol. The molecule has 0 bridgehead atoms. The molecule has 7 nitrogen and oxygen atoms in total. The molecule has 7 heteroatoms. The standard InChI is InChI=1S/C16H19N5O2/c1-9-5-12(14-13(6-9)10(2)11(3)19-14)7-17-15-16(21(22)23)18-8-20(15)4/h5-6,8,17,19H,7H2,1-4H3. The quantitative estimate of drug-likeness (QED) is 0.571. The average Bonchev–Trinajstić information content (AvgIpc) is 2.99. The first-order valence-corrected chi connectivity index (χ1v) is 7.36. The molecule has 0 unspecified atom stereocenters. The summed E-state index contributed by atoms with van der Waals surface area (Å²) < 4.78 is 1.62. The van der Waals surface area contributed by atoms with Crippen molar-refractivity contribution in [1.29, 1.82) is 0 Å². The zero-order valence-electron chi connectivity index (χ0n) is 13.6. The molecule has 2 heterocycles. The van der Waals surface area contributed by atoms with Crippen LogP contribution in [0.25, 0.3) is 10.9 Å². The number of aromatic nitrogens is 3. The van der Waals surface area contributed by atoms with Crippen LogP contribution in [0, 0.1) is 30.9 Å². The number of aryl methyl sites for hydroxylation is 4. The molecule has 0 fully saturated rings. The molecule has 0 spiro atoms. The van der Waals surface area contributed by atoms with Crippen LogP contribution in [0.4, 0.5) is 11.6 Å². The minimum Gasteiger partial charge on any atom is -0.360 e. The SMILES string of the molecule is Cc1cc(CNc2c([N+](=O)[O-])ncn2C)c2[nH]c(C)c(C)c2c1. The molecule has 23 heavy (non-hydrogen) atoms. The third-order valence-corrected chi connectivity index (χ3v) is 4.18. The lowest BCUT2D eigenvalue weighted by atomic mass is 10.0. The molecule has 0 aliphatic carbocycles. The van der Waals surface area contributed by atoms with Crippen LogP contribution < -0.4 is 5.32 Å². The number of benzene rings is 1. The zero-order chi connectivity index (χ0) is 16.7. The van der Waals surface area contributed by atoms with Crippen LogP contribution >= 0.6 is 0 Å². The Hall–Kier alpha value is -2.83. The van der Waals surface area contributed by atoms with Crippen molar-refractivity contribution in [2.75, 3.05) is 5.32 Å². The van der Waals surface area contributed by atoms with Crippen molar-refractivity contribution in [3.05, 3.63) is 51.0 Å². The molecule has 0 radical (unpaired) electrons. The van der Waals surface area contributed by atoms with Gasteiger partial charge in [-0.05, 0) is 47.9 Å². The molecule has 0 atom stereocenters. The first-order chi connectivity index (χ1) is 10.9. The number of fused-ring (bicyclic) bond motifs is 1. The highest BCUT2D eigenvalue weighted by Crippen LogP contribution is 2.28. The first-order valence-electron chi connectivity index (χ1n) is 7.36. The maximum Gasteiger partial charge on any atom is 0.406 e. The molecule has 0 aliphatic rings. The van der Waals surface area contributed by atoms with Gasteiger partial charge in [0.1, 0.15) is 0 Å². The molecular formula is C16H19N5O2. The minimum absolute atomic E-state index is 0.157. The number of anilines is 1. The number of hydrogen-bond acceptors (Lipinski definition) is 4. The van der Waals surface area contributed by atoms with Crippen LogP contribution in [0.5, 0.6) is 0 Å². The first kappa shape index (κ1) is 15.1. The van der Waals surface area contributed by atoms with Crippen LogP contribution in [0.2, 0.25) is 0 Å². The second-order valence-corrected chi connectivity index (χ2v) is 5.86. The Kier molecular flexibility index (Phi) is 3.55. The summed E-state index contributed by atoms with van der Waals surface area (Å²) in [4.78, 5) is 17.8. The van der Waals surface area contributed by atoms with E-state index in [1.54, 1.807) is 11.6 Å². The van der Waals surface area contributed by atoms with Crippen molar-refractivity contribution < 1.29 is 4.92 Å². The van der Waals surface area contributed by atoms with E-state index in [-0.39, 0.29) is 5.82 Å². The van der Waals surface area contributed by atoms with Crippen LogP contribution in [-0.4, -0.2) is 19.5 Å². The molecule has 120 valence electrons. The Bertz CT molecular complexity index is 907. The second-order valence-electron chi connectivity index (χ2n) is 5.86. The summed E-state index contributed by atoms with van der Waals surface area (Å²) in [6.07, 6.45) is 1.44. The lowest BCUT2D eigenvalue weighted by molar-refractivity contribution is -0.388. The molecule has 2 aromatic heterocycles. The monoisotopic (exact) mass is 313 g/mol. The summed E-state index contributed by atoms with van der Waals surface area (Å²) in [6, 6.07) is 4.25. The van der Waals surface area contributed by atoms with E-state index in [2.05, 4.69) is 41.3 Å². The third kappa shape index (κ3) is 2.54. The summed E-state index contributed by atoms with van der Waals surface area (Å²) >= 11 is 0. The number of aromatic amines is 1. The van der Waals surface area contributed by atoms with E-state index >= 15 is 0 Å². The van der Waals surface area contributed by atoms with Gasteiger partial charge in [-0.2, -0.15) is 0 Å². The van der Waals surface area contributed by atoms with Gasteiger partial charge in [-0.3, -0.25) is 4.57 Å². The number of hydrogen-bond donors (Lipinski definition) is 2. The summed E-state index contributed by atoms with van der Waals surface area (Å²) in [6.45, 7) is 6.68. The third-order valence-electron chi connectivity index (χ3n) is 4.18. The Balaban J connectivity index is 1.98. The van der Waals surface area contributed by atoms with Crippen molar-refractivity contribution in [2.45, 2.75) is 27.3 Å². The summed E-state index contributed by atoms with van der Waals surface area (Å²) in [5, 5.41) is 15.4. The molecule has 0 aliphatic heterocycles. The van der Waals surface area contributed by atoms with Crippen molar-refractivity contribution in [2.24, 2.45) is 7.05 Å². The van der Waals surface area contributed by atoms with Crippen molar-refractivity contribution in [3.8, 4) is 0 Å². The number of nitrogens with zero attached hydrogens (tertiary/aromatic N) is 3. The largest absolute Gasteiger partial charge is 0.406 e. The molecule has 3 rings (SSSR count). The topological polar surface area (TPSA) is 88.8 Å². The summed E-state index contributed by atoms with van der Waals surface area (Å²) in [5.41, 5.74) is 5.68. The minimum atomic E-state index is -0.475. The highest BCUT2D eigenvalue weighted by atomic mass is 16.6. The van der Waals surface area contributed by atoms with E-state index < -0.39 is 4.92 Å². The van der Waals surface area contributed by atoms with E-state index in [9.17, 15) is 10.1 Å².